The van der Waals surface area contributed by atoms with E-state index in [1.807, 2.05) is 28.8 Å². The maximum Gasteiger partial charge on any atom is 0.222 e. The van der Waals surface area contributed by atoms with Crippen molar-refractivity contribution in [1.82, 2.24) is 25.0 Å². The average Bonchev–Trinajstić information content (AvgIpc) is 3.07. The van der Waals surface area contributed by atoms with Gasteiger partial charge in [0.15, 0.2) is 10.6 Å². The number of carbonyl (C=O) groups excluding carboxylic acids is 1. The lowest BCUT2D eigenvalue weighted by Gasteiger charge is -2.31. The molecule has 2 N–H and O–H groups in total. The highest BCUT2D eigenvalue weighted by atomic mass is 32.1. The Labute approximate surface area is 178 Å². The van der Waals surface area contributed by atoms with E-state index in [1.54, 1.807) is 0 Å². The first-order valence-corrected chi connectivity index (χ1v) is 10.7. The van der Waals surface area contributed by atoms with Crippen molar-refractivity contribution < 1.29 is 4.79 Å². The molecule has 6 nitrogen and oxygen atoms in total. The maximum atomic E-state index is 12.5. The number of hydrogen-bond acceptors (Lipinski definition) is 4. The van der Waals surface area contributed by atoms with Gasteiger partial charge in [-0.25, -0.2) is 0 Å². The number of rotatable bonds is 7. The second-order valence-electron chi connectivity index (χ2n) is 8.04. The Morgan fingerprint density at radius 2 is 1.97 bits per heavy atom. The zero-order valence-electron chi connectivity index (χ0n) is 17.6. The number of aromatic nitrogens is 3. The van der Waals surface area contributed by atoms with Gasteiger partial charge in [0.25, 0.3) is 0 Å². The van der Waals surface area contributed by atoms with Gasteiger partial charge in [0, 0.05) is 44.2 Å². The molecule has 2 aromatic rings. The lowest BCUT2D eigenvalue weighted by Crippen LogP contribution is -2.44. The van der Waals surface area contributed by atoms with Crippen LogP contribution in [0.15, 0.2) is 35.9 Å². The number of hydrogen-bond donors (Lipinski definition) is 2. The first-order chi connectivity index (χ1) is 13.9. The van der Waals surface area contributed by atoms with Gasteiger partial charge in [-0.1, -0.05) is 41.5 Å². The Morgan fingerprint density at radius 1 is 1.28 bits per heavy atom. The minimum atomic E-state index is 0.0747. The van der Waals surface area contributed by atoms with Gasteiger partial charge in [-0.05, 0) is 45.8 Å². The van der Waals surface area contributed by atoms with Gasteiger partial charge in [-0.2, -0.15) is 5.10 Å². The van der Waals surface area contributed by atoms with Crippen LogP contribution in [0, 0.1) is 11.7 Å². The number of carbonyl (C=O) groups is 1. The zero-order chi connectivity index (χ0) is 20.8. The molecule has 29 heavy (non-hydrogen) atoms. The van der Waals surface area contributed by atoms with E-state index < -0.39 is 0 Å². The van der Waals surface area contributed by atoms with Gasteiger partial charge >= 0.3 is 0 Å². The Hall–Kier alpha value is -2.25. The van der Waals surface area contributed by atoms with Crippen molar-refractivity contribution in [2.24, 2.45) is 0 Å². The molecule has 156 valence electrons. The molecule has 3 rings (SSSR count). The number of allylic oxidation sites excluding steroid dienone is 1. The Kier molecular flexibility index (Phi) is 7.39. The van der Waals surface area contributed by atoms with Gasteiger partial charge in [-0.3, -0.25) is 19.4 Å². The lowest BCUT2D eigenvalue weighted by molar-refractivity contribution is -0.122. The molecule has 0 saturated carbocycles. The molecule has 0 atom stereocenters. The fourth-order valence-corrected chi connectivity index (χ4v) is 3.76. The largest absolute Gasteiger partial charge is 0.353 e. The summed E-state index contributed by atoms with van der Waals surface area (Å²) in [6.45, 7) is 9.88. The van der Waals surface area contributed by atoms with E-state index in [4.69, 9.17) is 12.2 Å². The van der Waals surface area contributed by atoms with E-state index in [0.717, 1.165) is 43.9 Å². The molecule has 0 unspecified atom stereocenters. The summed E-state index contributed by atoms with van der Waals surface area (Å²) in [4.78, 5) is 14.9. The molecule has 1 amide bonds. The van der Waals surface area contributed by atoms with E-state index in [-0.39, 0.29) is 11.9 Å². The Bertz CT molecular complexity index is 900. The Morgan fingerprint density at radius 3 is 2.62 bits per heavy atom. The van der Waals surface area contributed by atoms with Gasteiger partial charge in [-0.15, -0.1) is 0 Å². The standard InChI is InChI=1S/C22H31N5OS/c1-16(2)8-12-26-13-9-19(10-14-26)23-20(28)11-15-27-21(24-25-22(27)29)18-6-4-17(3)5-7-18/h4-8,19H,9-15H2,1-3H3,(H,23,28)(H,25,29). The van der Waals surface area contributed by atoms with E-state index in [2.05, 4.69) is 47.3 Å². The molecule has 1 fully saturated rings. The zero-order valence-corrected chi connectivity index (χ0v) is 18.4. The highest BCUT2D eigenvalue weighted by molar-refractivity contribution is 7.71. The number of piperidine rings is 1. The van der Waals surface area contributed by atoms with Crippen LogP contribution in [0.5, 0.6) is 0 Å². The third kappa shape index (κ3) is 6.11. The van der Waals surface area contributed by atoms with Crippen molar-refractivity contribution in [3.63, 3.8) is 0 Å². The van der Waals surface area contributed by atoms with Crippen molar-refractivity contribution in [2.75, 3.05) is 19.6 Å². The summed E-state index contributed by atoms with van der Waals surface area (Å²) >= 11 is 5.37. The minimum absolute atomic E-state index is 0.0747. The third-order valence-electron chi connectivity index (χ3n) is 5.34. The van der Waals surface area contributed by atoms with Gasteiger partial charge in [0.1, 0.15) is 0 Å². The predicted octanol–water partition coefficient (Wildman–Crippen LogP) is 3.85. The average molecular weight is 414 g/mol. The molecule has 2 heterocycles. The van der Waals surface area contributed by atoms with E-state index in [1.165, 1.54) is 11.1 Å². The molecule has 1 aromatic heterocycles. The van der Waals surface area contributed by atoms with E-state index >= 15 is 0 Å². The third-order valence-corrected chi connectivity index (χ3v) is 5.65. The summed E-state index contributed by atoms with van der Waals surface area (Å²) in [6, 6.07) is 8.42. The van der Waals surface area contributed by atoms with Gasteiger partial charge in [0.05, 0.1) is 0 Å². The first kappa shape index (κ1) is 21.5. The fraction of sp³-hybridized carbons (Fsp3) is 0.500. The molecule has 1 aromatic carbocycles. The number of aryl methyl sites for hydroxylation is 1. The van der Waals surface area contributed by atoms with E-state index in [9.17, 15) is 4.79 Å². The minimum Gasteiger partial charge on any atom is -0.353 e. The summed E-state index contributed by atoms with van der Waals surface area (Å²) in [5, 5.41) is 10.4. The number of nitrogens with zero attached hydrogens (tertiary/aromatic N) is 3. The van der Waals surface area contributed by atoms with Crippen LogP contribution in [-0.2, 0) is 11.3 Å². The molecular formula is C22H31N5OS. The summed E-state index contributed by atoms with van der Waals surface area (Å²) in [5.41, 5.74) is 3.54. The SMILES string of the molecule is CC(C)=CCN1CCC(NC(=O)CCn2c(-c3ccc(C)cc3)n[nH]c2=S)CC1. The molecule has 0 spiro atoms. The van der Waals surface area contributed by atoms with Crippen molar-refractivity contribution in [1.29, 1.82) is 0 Å². The molecule has 0 aliphatic carbocycles. The van der Waals surface area contributed by atoms with Crippen molar-refractivity contribution in [2.45, 2.75) is 52.6 Å². The second kappa shape index (κ2) is 9.98. The monoisotopic (exact) mass is 413 g/mol. The quantitative estimate of drug-likeness (QED) is 0.534. The first-order valence-electron chi connectivity index (χ1n) is 10.3. The molecule has 0 radical (unpaired) electrons. The normalized spacial score (nSPS) is 15.3. The second-order valence-corrected chi connectivity index (χ2v) is 8.43. The summed E-state index contributed by atoms with van der Waals surface area (Å²) in [5.74, 6) is 0.848. The molecule has 1 aliphatic rings. The van der Waals surface area contributed by atoms with Crippen LogP contribution in [0.1, 0.15) is 38.7 Å². The molecule has 0 bridgehead atoms. The number of aromatic amines is 1. The summed E-state index contributed by atoms with van der Waals surface area (Å²) < 4.78 is 2.45. The molecule has 1 saturated heterocycles. The maximum absolute atomic E-state index is 12.5. The molecule has 7 heteroatoms. The number of nitrogens with one attached hydrogen (secondary N) is 2. The van der Waals surface area contributed by atoms with Crippen molar-refractivity contribution >= 4 is 18.1 Å². The van der Waals surface area contributed by atoms with Crippen LogP contribution in [0.2, 0.25) is 0 Å². The predicted molar refractivity (Wildman–Crippen MR) is 119 cm³/mol. The van der Waals surface area contributed by atoms with Crippen LogP contribution in [0.25, 0.3) is 11.4 Å². The number of benzene rings is 1. The Balaban J connectivity index is 1.51. The van der Waals surface area contributed by atoms with Crippen LogP contribution >= 0.6 is 12.2 Å². The number of likely N-dealkylation sites (tertiary alicyclic amines) is 1. The number of amides is 1. The van der Waals surface area contributed by atoms with Crippen LogP contribution in [0.4, 0.5) is 0 Å². The smallest absolute Gasteiger partial charge is 0.222 e. The van der Waals surface area contributed by atoms with Gasteiger partial charge < -0.3 is 5.32 Å². The number of H-pyrrole nitrogens is 1. The molecular weight excluding hydrogens is 382 g/mol. The van der Waals surface area contributed by atoms with Crippen molar-refractivity contribution in [3.05, 3.63) is 46.2 Å². The summed E-state index contributed by atoms with van der Waals surface area (Å²) in [6.07, 6.45) is 4.66. The van der Waals surface area contributed by atoms with E-state index in [0.29, 0.717) is 17.7 Å². The van der Waals surface area contributed by atoms with Crippen LogP contribution in [0.3, 0.4) is 0 Å². The highest BCUT2D eigenvalue weighted by Gasteiger charge is 2.20. The summed E-state index contributed by atoms with van der Waals surface area (Å²) in [7, 11) is 0. The lowest BCUT2D eigenvalue weighted by atomic mass is 10.0. The molecule has 1 aliphatic heterocycles. The van der Waals surface area contributed by atoms with Crippen LogP contribution in [-0.4, -0.2) is 51.2 Å². The van der Waals surface area contributed by atoms with Crippen molar-refractivity contribution in [3.8, 4) is 11.4 Å². The van der Waals surface area contributed by atoms with Crippen LogP contribution < -0.4 is 5.32 Å². The fourth-order valence-electron chi connectivity index (χ4n) is 3.53. The highest BCUT2D eigenvalue weighted by Crippen LogP contribution is 2.18. The topological polar surface area (TPSA) is 66.0 Å². The van der Waals surface area contributed by atoms with Gasteiger partial charge in [0.2, 0.25) is 5.91 Å².